The number of aliphatic hydroxyl groups excluding tert-OH is 1. The fourth-order valence-electron chi connectivity index (χ4n) is 3.87. The first-order chi connectivity index (χ1) is 20.5. The Labute approximate surface area is 254 Å². The molecule has 0 aliphatic heterocycles. The lowest BCUT2D eigenvalue weighted by molar-refractivity contribution is -0.167. The zero-order valence-electron chi connectivity index (χ0n) is 25.7. The van der Waals surface area contributed by atoms with Gasteiger partial charge in [-0.15, -0.1) is 0 Å². The van der Waals surface area contributed by atoms with Gasteiger partial charge in [0.25, 0.3) is 0 Å². The molecule has 0 radical (unpaired) electrons. The van der Waals surface area contributed by atoms with Crippen LogP contribution in [0.15, 0.2) is 0 Å². The molecule has 8 N–H and O–H groups in total. The number of aliphatic hydroxyl groups is 1. The van der Waals surface area contributed by atoms with Gasteiger partial charge in [0.05, 0.1) is 12.5 Å². The summed E-state index contributed by atoms with van der Waals surface area (Å²) in [4.78, 5) is 59.4. The average Bonchev–Trinajstić information content (AvgIpc) is 2.99. The van der Waals surface area contributed by atoms with E-state index in [1.165, 1.54) is 0 Å². The van der Waals surface area contributed by atoms with Crippen LogP contribution in [-0.2, 0) is 24.0 Å². The summed E-state index contributed by atoms with van der Waals surface area (Å²) in [7, 11) is 0. The van der Waals surface area contributed by atoms with Gasteiger partial charge in [0.2, 0.25) is 29.5 Å². The first-order valence-electron chi connectivity index (χ1n) is 15.4. The van der Waals surface area contributed by atoms with E-state index in [0.717, 1.165) is 12.8 Å². The molecular weight excluding hydrogens is 564 g/mol. The number of nitrogens with two attached hydrogens (primary N) is 1. The molecule has 0 bridgehead atoms. The van der Waals surface area contributed by atoms with Crippen LogP contribution in [0.1, 0.15) is 103 Å². The smallest absolute Gasteiger partial charge is 0.248 e. The summed E-state index contributed by atoms with van der Waals surface area (Å²) in [5, 5.41) is 46.0. The first-order valence-corrected chi connectivity index (χ1v) is 15.4. The van der Waals surface area contributed by atoms with E-state index in [1.54, 1.807) is 6.92 Å². The maximum absolute atomic E-state index is 12.1. The first kappa shape index (κ1) is 40.1. The van der Waals surface area contributed by atoms with Crippen molar-refractivity contribution in [3.63, 3.8) is 0 Å². The van der Waals surface area contributed by atoms with Crippen LogP contribution in [0.25, 0.3) is 0 Å². The molecule has 0 fully saturated rings. The summed E-state index contributed by atoms with van der Waals surface area (Å²) in [5.74, 6) is -2.21. The fraction of sp³-hybridized carbons (Fsp3) is 0.821. The Kier molecular flexibility index (Phi) is 23.9. The van der Waals surface area contributed by atoms with Crippen molar-refractivity contribution in [2.45, 2.75) is 109 Å². The van der Waals surface area contributed by atoms with Gasteiger partial charge in [0.1, 0.15) is 0 Å². The van der Waals surface area contributed by atoms with E-state index in [1.807, 2.05) is 0 Å². The number of amides is 5. The van der Waals surface area contributed by atoms with Gasteiger partial charge in [-0.25, -0.2) is 15.2 Å². The molecule has 0 aromatic carbocycles. The molecule has 0 rings (SSSR count). The Morgan fingerprint density at radius 1 is 0.605 bits per heavy atom. The lowest BCUT2D eigenvalue weighted by Gasteiger charge is -2.16. The zero-order chi connectivity index (χ0) is 32.5. The molecular formula is C28H54N6O9. The summed E-state index contributed by atoms with van der Waals surface area (Å²) in [5.41, 5.74) is 5.40. The molecule has 15 nitrogen and oxygen atoms in total. The van der Waals surface area contributed by atoms with E-state index < -0.39 is 23.8 Å². The lowest BCUT2D eigenvalue weighted by Crippen LogP contribution is -2.32. The van der Waals surface area contributed by atoms with Crippen LogP contribution in [-0.4, -0.2) is 111 Å². The number of nitrogens with one attached hydrogen (secondary N) is 2. The van der Waals surface area contributed by atoms with Gasteiger partial charge in [0.15, 0.2) is 0 Å². The summed E-state index contributed by atoms with van der Waals surface area (Å²) in [6.07, 6.45) is 5.08. The molecule has 15 heteroatoms. The van der Waals surface area contributed by atoms with Crippen LogP contribution >= 0.6 is 0 Å². The third-order valence-corrected chi connectivity index (χ3v) is 6.69. The summed E-state index contributed by atoms with van der Waals surface area (Å²) in [6, 6.07) is 0. The lowest BCUT2D eigenvalue weighted by atomic mass is 10.2. The Morgan fingerprint density at radius 3 is 1.40 bits per heavy atom. The van der Waals surface area contributed by atoms with E-state index in [2.05, 4.69) is 10.6 Å². The van der Waals surface area contributed by atoms with Gasteiger partial charge in [-0.3, -0.25) is 39.6 Å². The number of hydrogen-bond acceptors (Lipinski definition) is 10. The van der Waals surface area contributed by atoms with Gasteiger partial charge in [-0.2, -0.15) is 0 Å². The molecule has 0 saturated heterocycles. The number of unbranched alkanes of at least 4 members (excludes halogenated alkanes) is 6. The molecule has 0 aliphatic rings. The van der Waals surface area contributed by atoms with Crippen LogP contribution in [0.4, 0.5) is 0 Å². The molecule has 250 valence electrons. The SMILES string of the molecule is CCC(O)CC(=O)N(O)CCCCCNC(=O)CCC(=O)N(O)CCCCCNC(=O)CCC(=O)N(O)CCCCCN. The monoisotopic (exact) mass is 618 g/mol. The minimum absolute atomic E-state index is 0.0263. The Morgan fingerprint density at radius 2 is 1.00 bits per heavy atom. The van der Waals surface area contributed by atoms with E-state index in [9.17, 15) is 44.7 Å². The second-order valence-electron chi connectivity index (χ2n) is 10.5. The number of rotatable bonds is 26. The van der Waals surface area contributed by atoms with E-state index >= 15 is 0 Å². The van der Waals surface area contributed by atoms with Gasteiger partial charge in [-0.05, 0) is 64.3 Å². The van der Waals surface area contributed by atoms with Gasteiger partial charge >= 0.3 is 0 Å². The van der Waals surface area contributed by atoms with E-state index in [-0.39, 0.29) is 63.6 Å². The minimum atomic E-state index is -0.771. The molecule has 0 aliphatic carbocycles. The van der Waals surface area contributed by atoms with Crippen molar-refractivity contribution >= 4 is 29.5 Å². The normalized spacial score (nSPS) is 11.5. The molecule has 5 amide bonds. The van der Waals surface area contributed by atoms with Crippen molar-refractivity contribution < 1.29 is 44.7 Å². The molecule has 0 aromatic heterocycles. The van der Waals surface area contributed by atoms with E-state index in [0.29, 0.717) is 86.2 Å². The summed E-state index contributed by atoms with van der Waals surface area (Å²) < 4.78 is 0. The number of nitrogens with zero attached hydrogens (tertiary/aromatic N) is 3. The minimum Gasteiger partial charge on any atom is -0.393 e. The number of carbonyl (C=O) groups is 5. The van der Waals surface area contributed by atoms with Crippen molar-refractivity contribution in [3.05, 3.63) is 0 Å². The largest absolute Gasteiger partial charge is 0.393 e. The highest BCUT2D eigenvalue weighted by molar-refractivity contribution is 5.83. The van der Waals surface area contributed by atoms with Gasteiger partial charge in [0, 0.05) is 58.4 Å². The summed E-state index contributed by atoms with van der Waals surface area (Å²) >= 11 is 0. The molecule has 0 saturated carbocycles. The third-order valence-electron chi connectivity index (χ3n) is 6.69. The van der Waals surface area contributed by atoms with Gasteiger partial charge in [-0.1, -0.05) is 13.3 Å². The molecule has 0 spiro atoms. The standard InChI is InChI=1S/C28H54N6O9/c1-2-23(35)22-28(40)34(43)21-11-5-8-18-31-25(37)13-15-27(39)33(42)20-10-4-7-17-30-24(36)12-14-26(38)32(41)19-9-3-6-16-29/h23,35,41-43H,2-22,29H2,1H3,(H,30,36)(H,31,37). The van der Waals surface area contributed by atoms with Crippen molar-refractivity contribution in [2.75, 3.05) is 39.3 Å². The van der Waals surface area contributed by atoms with Crippen molar-refractivity contribution in [1.82, 2.24) is 25.8 Å². The quantitative estimate of drug-likeness (QED) is 0.0414. The number of hydrogen-bond donors (Lipinski definition) is 7. The van der Waals surface area contributed by atoms with E-state index in [4.69, 9.17) is 5.73 Å². The Balaban J connectivity index is 3.79. The van der Waals surface area contributed by atoms with Crippen molar-refractivity contribution in [1.29, 1.82) is 0 Å². The highest BCUT2D eigenvalue weighted by Gasteiger charge is 2.16. The zero-order valence-corrected chi connectivity index (χ0v) is 25.7. The predicted molar refractivity (Wildman–Crippen MR) is 157 cm³/mol. The molecule has 0 heterocycles. The van der Waals surface area contributed by atoms with Crippen LogP contribution in [0.3, 0.4) is 0 Å². The second-order valence-corrected chi connectivity index (χ2v) is 10.5. The Bertz CT molecular complexity index is 818. The third kappa shape index (κ3) is 22.4. The number of carbonyl (C=O) groups excluding carboxylic acids is 5. The Hall–Kier alpha value is -2.85. The maximum atomic E-state index is 12.1. The summed E-state index contributed by atoms with van der Waals surface area (Å²) in [6.45, 7) is 3.52. The molecule has 0 aromatic rings. The molecule has 1 unspecified atom stereocenters. The van der Waals surface area contributed by atoms with Crippen LogP contribution in [0.2, 0.25) is 0 Å². The second kappa shape index (κ2) is 25.6. The molecule has 1 atom stereocenters. The van der Waals surface area contributed by atoms with Crippen LogP contribution in [0.5, 0.6) is 0 Å². The maximum Gasteiger partial charge on any atom is 0.248 e. The number of hydroxylamine groups is 6. The highest BCUT2D eigenvalue weighted by atomic mass is 16.5. The topological polar surface area (TPSA) is 226 Å². The van der Waals surface area contributed by atoms with Gasteiger partial charge < -0.3 is 21.5 Å². The van der Waals surface area contributed by atoms with Crippen molar-refractivity contribution in [3.8, 4) is 0 Å². The average molecular weight is 619 g/mol. The highest BCUT2D eigenvalue weighted by Crippen LogP contribution is 2.05. The van der Waals surface area contributed by atoms with Crippen LogP contribution < -0.4 is 16.4 Å². The predicted octanol–water partition coefficient (Wildman–Crippen LogP) is 1.06. The van der Waals surface area contributed by atoms with Crippen molar-refractivity contribution in [2.24, 2.45) is 5.73 Å². The van der Waals surface area contributed by atoms with Crippen LogP contribution in [0, 0.1) is 0 Å². The molecule has 43 heavy (non-hydrogen) atoms. The fourth-order valence-corrected chi connectivity index (χ4v) is 3.87.